The smallest absolute Gasteiger partial charge is 0.200 e. The Kier molecular flexibility index (Phi) is 3.88. The summed E-state index contributed by atoms with van der Waals surface area (Å²) in [6.45, 7) is 11.0. The highest BCUT2D eigenvalue weighted by molar-refractivity contribution is 5.11. The summed E-state index contributed by atoms with van der Waals surface area (Å²) in [4.78, 5) is 13.4. The Morgan fingerprint density at radius 2 is 1.74 bits per heavy atom. The highest BCUT2D eigenvalue weighted by Gasteiger charge is 2.18. The predicted molar refractivity (Wildman–Crippen MR) is 73.9 cm³/mol. The van der Waals surface area contributed by atoms with Gasteiger partial charge >= 0.3 is 0 Å². The summed E-state index contributed by atoms with van der Waals surface area (Å²) in [5.41, 5.74) is 6.48. The van der Waals surface area contributed by atoms with Crippen molar-refractivity contribution in [3.05, 3.63) is 46.6 Å². The summed E-state index contributed by atoms with van der Waals surface area (Å²) in [6, 6.07) is 0. The fourth-order valence-electron chi connectivity index (χ4n) is 2.18. The Morgan fingerprint density at radius 1 is 1.00 bits per heavy atom. The van der Waals surface area contributed by atoms with Crippen LogP contribution >= 0.6 is 0 Å². The topological polar surface area (TPSA) is 42.5 Å². The van der Waals surface area contributed by atoms with Gasteiger partial charge in [0.1, 0.15) is 11.4 Å². The molecule has 0 unspecified atom stereocenters. The van der Waals surface area contributed by atoms with E-state index < -0.39 is 0 Å². The predicted octanol–water partition coefficient (Wildman–Crippen LogP) is 2.00. The van der Waals surface area contributed by atoms with E-state index in [0.29, 0.717) is 0 Å². The van der Waals surface area contributed by atoms with Crippen LogP contribution in [0.15, 0.2) is 12.4 Å². The van der Waals surface area contributed by atoms with Crippen LogP contribution in [0.2, 0.25) is 0 Å². The van der Waals surface area contributed by atoms with E-state index in [-0.39, 0.29) is 0 Å². The molecule has 0 aromatic carbocycles. The summed E-state index contributed by atoms with van der Waals surface area (Å²) < 4.78 is 2.29. The van der Waals surface area contributed by atoms with Crippen LogP contribution in [-0.4, -0.2) is 15.0 Å². The first-order chi connectivity index (χ1) is 9.02. The normalized spacial score (nSPS) is 10.8. The molecule has 2 aromatic heterocycles. The summed E-state index contributed by atoms with van der Waals surface area (Å²) in [6.07, 6.45) is 4.75. The minimum Gasteiger partial charge on any atom is -0.255 e. The number of nitrogens with zero attached hydrogens (tertiary/aromatic N) is 4. The van der Waals surface area contributed by atoms with Crippen LogP contribution in [0.4, 0.5) is 0 Å². The molecule has 4 heteroatoms. The van der Waals surface area contributed by atoms with Crippen molar-refractivity contribution in [1.82, 2.24) is 15.0 Å². The third kappa shape index (κ3) is 2.78. The summed E-state index contributed by atoms with van der Waals surface area (Å²) in [5.74, 6) is 0. The molecule has 2 aromatic rings. The van der Waals surface area contributed by atoms with E-state index in [1.54, 1.807) is 0 Å². The van der Waals surface area contributed by atoms with Crippen LogP contribution in [0.5, 0.6) is 0 Å². The molecular formula is C15H21N4+. The Balaban J connectivity index is 2.45. The van der Waals surface area contributed by atoms with Crippen LogP contribution in [-0.2, 0) is 13.0 Å². The SMILES string of the molecule is CCc1cnc(C)c(C)[n+]1Cc1ncc(C)nc1C. The van der Waals surface area contributed by atoms with E-state index in [1.807, 2.05) is 33.2 Å². The van der Waals surface area contributed by atoms with E-state index in [9.17, 15) is 0 Å². The van der Waals surface area contributed by atoms with Crippen molar-refractivity contribution < 1.29 is 4.57 Å². The number of aromatic nitrogens is 4. The van der Waals surface area contributed by atoms with Gasteiger partial charge in [0.15, 0.2) is 17.9 Å². The van der Waals surface area contributed by atoms with Gasteiger partial charge in [-0.1, -0.05) is 6.92 Å². The number of aryl methyl sites for hydroxylation is 4. The van der Waals surface area contributed by atoms with Gasteiger partial charge in [0, 0.05) is 19.5 Å². The molecule has 0 atom stereocenters. The zero-order chi connectivity index (χ0) is 14.0. The van der Waals surface area contributed by atoms with Gasteiger partial charge < -0.3 is 0 Å². The van der Waals surface area contributed by atoms with Gasteiger partial charge in [-0.25, -0.2) is 4.98 Å². The first-order valence-electron chi connectivity index (χ1n) is 6.67. The molecular weight excluding hydrogens is 236 g/mol. The molecule has 0 aliphatic heterocycles. The van der Waals surface area contributed by atoms with Gasteiger partial charge in [-0.15, -0.1) is 0 Å². The Bertz CT molecular complexity index is 605. The molecule has 100 valence electrons. The fraction of sp³-hybridized carbons (Fsp3) is 0.467. The average Bonchev–Trinajstić information content (AvgIpc) is 2.38. The maximum atomic E-state index is 4.52. The third-order valence-electron chi connectivity index (χ3n) is 3.52. The molecule has 0 bridgehead atoms. The number of hydrogen-bond acceptors (Lipinski definition) is 3. The quantitative estimate of drug-likeness (QED) is 0.790. The van der Waals surface area contributed by atoms with Crippen LogP contribution in [0, 0.1) is 27.7 Å². The Labute approximate surface area is 114 Å². The molecule has 0 spiro atoms. The zero-order valence-corrected chi connectivity index (χ0v) is 12.4. The highest BCUT2D eigenvalue weighted by atomic mass is 15.0. The van der Waals surface area contributed by atoms with Crippen LogP contribution in [0.3, 0.4) is 0 Å². The van der Waals surface area contributed by atoms with Gasteiger partial charge in [-0.05, 0) is 20.8 Å². The lowest BCUT2D eigenvalue weighted by molar-refractivity contribution is -0.702. The van der Waals surface area contributed by atoms with Gasteiger partial charge in [0.05, 0.1) is 17.6 Å². The lowest BCUT2D eigenvalue weighted by Crippen LogP contribution is -2.43. The largest absolute Gasteiger partial charge is 0.255 e. The van der Waals surface area contributed by atoms with Gasteiger partial charge in [-0.2, -0.15) is 4.57 Å². The molecule has 0 saturated carbocycles. The van der Waals surface area contributed by atoms with Crippen molar-refractivity contribution in [2.45, 2.75) is 47.6 Å². The number of hydrogen-bond donors (Lipinski definition) is 0. The minimum absolute atomic E-state index is 0.761. The molecule has 4 nitrogen and oxygen atoms in total. The van der Waals surface area contributed by atoms with Crippen molar-refractivity contribution >= 4 is 0 Å². The second kappa shape index (κ2) is 5.43. The third-order valence-corrected chi connectivity index (χ3v) is 3.52. The standard InChI is InChI=1S/C15H21N4/c1-6-14-8-16-11(3)13(5)19(14)9-15-12(4)18-10(2)7-17-15/h7-8H,6,9H2,1-5H3/q+1. The summed E-state index contributed by atoms with van der Waals surface area (Å²) >= 11 is 0. The minimum atomic E-state index is 0.761. The van der Waals surface area contributed by atoms with E-state index >= 15 is 0 Å². The Hall–Kier alpha value is -1.84. The first-order valence-corrected chi connectivity index (χ1v) is 6.67. The highest BCUT2D eigenvalue weighted by Crippen LogP contribution is 2.06. The maximum Gasteiger partial charge on any atom is 0.200 e. The van der Waals surface area contributed by atoms with Crippen molar-refractivity contribution in [2.75, 3.05) is 0 Å². The van der Waals surface area contributed by atoms with Crippen LogP contribution < -0.4 is 4.57 Å². The zero-order valence-electron chi connectivity index (χ0n) is 12.4. The molecule has 0 amide bonds. The molecule has 19 heavy (non-hydrogen) atoms. The van der Waals surface area contributed by atoms with Crippen molar-refractivity contribution in [1.29, 1.82) is 0 Å². The summed E-state index contributed by atoms with van der Waals surface area (Å²) in [7, 11) is 0. The molecule has 0 N–H and O–H groups in total. The molecule has 0 fully saturated rings. The van der Waals surface area contributed by atoms with E-state index in [4.69, 9.17) is 0 Å². The molecule has 0 aliphatic carbocycles. The van der Waals surface area contributed by atoms with Gasteiger partial charge in [0.25, 0.3) is 0 Å². The van der Waals surface area contributed by atoms with Gasteiger partial charge in [0.2, 0.25) is 0 Å². The van der Waals surface area contributed by atoms with Gasteiger partial charge in [-0.3, -0.25) is 9.97 Å². The first kappa shape index (κ1) is 13.6. The molecule has 0 radical (unpaired) electrons. The van der Waals surface area contributed by atoms with Crippen LogP contribution in [0.1, 0.15) is 41.1 Å². The molecule has 0 aliphatic rings. The van der Waals surface area contributed by atoms with E-state index in [0.717, 1.165) is 35.7 Å². The number of rotatable bonds is 3. The van der Waals surface area contributed by atoms with Crippen molar-refractivity contribution in [3.8, 4) is 0 Å². The monoisotopic (exact) mass is 257 g/mol. The Morgan fingerprint density at radius 3 is 2.37 bits per heavy atom. The fourth-order valence-corrected chi connectivity index (χ4v) is 2.18. The summed E-state index contributed by atoms with van der Waals surface area (Å²) in [5, 5.41) is 0. The second-order valence-corrected chi connectivity index (χ2v) is 4.90. The lowest BCUT2D eigenvalue weighted by atomic mass is 10.2. The second-order valence-electron chi connectivity index (χ2n) is 4.90. The molecule has 0 saturated heterocycles. The van der Waals surface area contributed by atoms with Crippen molar-refractivity contribution in [3.63, 3.8) is 0 Å². The average molecular weight is 257 g/mol. The van der Waals surface area contributed by atoms with E-state index in [1.165, 1.54) is 11.4 Å². The van der Waals surface area contributed by atoms with Crippen molar-refractivity contribution in [2.24, 2.45) is 0 Å². The maximum absolute atomic E-state index is 4.52. The lowest BCUT2D eigenvalue weighted by Gasteiger charge is -2.08. The van der Waals surface area contributed by atoms with Crippen LogP contribution in [0.25, 0.3) is 0 Å². The molecule has 2 heterocycles. The molecule has 2 rings (SSSR count). The van der Waals surface area contributed by atoms with E-state index in [2.05, 4.69) is 33.4 Å².